The molecule has 76 valence electrons. The maximum Gasteiger partial charge on any atom is 0.358 e. The lowest BCUT2D eigenvalue weighted by molar-refractivity contribution is 0.0593. The fourth-order valence-corrected chi connectivity index (χ4v) is 1.11. The molecule has 0 aliphatic heterocycles. The van der Waals surface area contributed by atoms with Crippen molar-refractivity contribution in [2.45, 2.75) is 0 Å². The fraction of sp³-hybridized carbons (Fsp3) is 0.100. The predicted molar refractivity (Wildman–Crippen MR) is 51.1 cm³/mol. The molecule has 0 bridgehead atoms. The maximum absolute atomic E-state index is 11.2. The van der Waals surface area contributed by atoms with Crippen LogP contribution in [0, 0.1) is 0 Å². The number of nitrogens with zero attached hydrogens (tertiary/aromatic N) is 2. The highest BCUT2D eigenvalue weighted by atomic mass is 16.5. The monoisotopic (exact) mass is 204 g/mol. The molecule has 0 radical (unpaired) electrons. The van der Waals surface area contributed by atoms with Crippen LogP contribution in [0.3, 0.4) is 0 Å². The molecule has 0 fully saturated rings. The van der Waals surface area contributed by atoms with Gasteiger partial charge in [-0.15, -0.1) is 0 Å². The van der Waals surface area contributed by atoms with E-state index >= 15 is 0 Å². The van der Waals surface area contributed by atoms with E-state index in [9.17, 15) is 4.79 Å². The number of methoxy groups -OCH3 is 1. The van der Waals surface area contributed by atoms with Crippen LogP contribution in [-0.2, 0) is 4.74 Å². The molecule has 2 heterocycles. The van der Waals surface area contributed by atoms with Crippen LogP contribution in [0.4, 0.5) is 0 Å². The lowest BCUT2D eigenvalue weighted by Gasteiger charge is -1.99. The minimum Gasteiger partial charge on any atom is -0.464 e. The number of hydrogen-bond donors (Lipinski definition) is 0. The van der Waals surface area contributed by atoms with E-state index in [0.717, 1.165) is 0 Å². The molecule has 0 amide bonds. The van der Waals surface area contributed by atoms with Gasteiger partial charge in [-0.25, -0.2) is 9.78 Å². The molecule has 0 N–H and O–H groups in total. The Kier molecular flexibility index (Phi) is 2.45. The van der Waals surface area contributed by atoms with Gasteiger partial charge in [0.05, 0.1) is 25.8 Å². The average molecular weight is 204 g/mol. The molecular weight excluding hydrogens is 196 g/mol. The van der Waals surface area contributed by atoms with Gasteiger partial charge in [0.25, 0.3) is 0 Å². The summed E-state index contributed by atoms with van der Waals surface area (Å²) >= 11 is 0. The molecule has 0 saturated heterocycles. The Morgan fingerprint density at radius 3 is 3.00 bits per heavy atom. The van der Waals surface area contributed by atoms with Gasteiger partial charge in [0.2, 0.25) is 0 Å². The maximum atomic E-state index is 11.2. The van der Waals surface area contributed by atoms with Crippen molar-refractivity contribution in [3.63, 3.8) is 0 Å². The molecule has 0 saturated carbocycles. The summed E-state index contributed by atoms with van der Waals surface area (Å²) in [5.74, 6) is 0.0455. The van der Waals surface area contributed by atoms with Gasteiger partial charge in [-0.2, -0.15) is 0 Å². The van der Waals surface area contributed by atoms with E-state index in [0.29, 0.717) is 11.5 Å². The van der Waals surface area contributed by atoms with Crippen LogP contribution in [-0.4, -0.2) is 23.0 Å². The van der Waals surface area contributed by atoms with Crippen molar-refractivity contribution in [3.05, 3.63) is 36.5 Å². The predicted octanol–water partition coefficient (Wildman–Crippen LogP) is 1.52. The second-order valence-corrected chi connectivity index (χ2v) is 2.76. The van der Waals surface area contributed by atoms with Gasteiger partial charge in [-0.05, 0) is 12.1 Å². The van der Waals surface area contributed by atoms with Crippen molar-refractivity contribution >= 4 is 5.97 Å². The van der Waals surface area contributed by atoms with Crippen molar-refractivity contribution in [2.24, 2.45) is 0 Å². The molecule has 0 aliphatic carbocycles. The molecule has 2 rings (SSSR count). The van der Waals surface area contributed by atoms with Crippen molar-refractivity contribution in [2.75, 3.05) is 7.11 Å². The highest BCUT2D eigenvalue weighted by molar-refractivity contribution is 5.87. The second-order valence-electron chi connectivity index (χ2n) is 2.76. The SMILES string of the molecule is COC(=O)c1cncc(-c2ccco2)n1. The van der Waals surface area contributed by atoms with Crippen LogP contribution < -0.4 is 0 Å². The summed E-state index contributed by atoms with van der Waals surface area (Å²) in [5, 5.41) is 0. The van der Waals surface area contributed by atoms with Crippen LogP contribution >= 0.6 is 0 Å². The summed E-state index contributed by atoms with van der Waals surface area (Å²) in [4.78, 5) is 19.1. The van der Waals surface area contributed by atoms with E-state index in [4.69, 9.17) is 4.42 Å². The van der Waals surface area contributed by atoms with Crippen molar-refractivity contribution in [3.8, 4) is 11.5 Å². The average Bonchev–Trinajstić information content (AvgIpc) is 2.82. The standard InChI is InChI=1S/C10H8N2O3/c1-14-10(13)8-6-11-5-7(12-8)9-3-2-4-15-9/h2-6H,1H3. The first-order chi connectivity index (χ1) is 7.31. The van der Waals surface area contributed by atoms with Crippen LogP contribution in [0.15, 0.2) is 35.2 Å². The van der Waals surface area contributed by atoms with Gasteiger partial charge in [0.15, 0.2) is 11.5 Å². The molecule has 15 heavy (non-hydrogen) atoms. The lowest BCUT2D eigenvalue weighted by Crippen LogP contribution is -2.05. The van der Waals surface area contributed by atoms with Crippen LogP contribution in [0.5, 0.6) is 0 Å². The number of carbonyl (C=O) groups excluding carboxylic acids is 1. The first kappa shape index (κ1) is 9.39. The quantitative estimate of drug-likeness (QED) is 0.694. The molecule has 0 aliphatic rings. The highest BCUT2D eigenvalue weighted by Crippen LogP contribution is 2.16. The zero-order valence-electron chi connectivity index (χ0n) is 8.01. The molecule has 0 spiro atoms. The Hall–Kier alpha value is -2.17. The smallest absolute Gasteiger partial charge is 0.358 e. The zero-order valence-corrected chi connectivity index (χ0v) is 8.01. The summed E-state index contributed by atoms with van der Waals surface area (Å²) < 4.78 is 9.67. The fourth-order valence-electron chi connectivity index (χ4n) is 1.11. The summed E-state index contributed by atoms with van der Waals surface area (Å²) in [6, 6.07) is 3.48. The third-order valence-corrected chi connectivity index (χ3v) is 1.80. The van der Waals surface area contributed by atoms with E-state index in [1.54, 1.807) is 12.1 Å². The Morgan fingerprint density at radius 2 is 2.33 bits per heavy atom. The number of carbonyl (C=O) groups is 1. The Balaban J connectivity index is 2.39. The minimum absolute atomic E-state index is 0.159. The van der Waals surface area contributed by atoms with E-state index in [1.807, 2.05) is 0 Å². The first-order valence-electron chi connectivity index (χ1n) is 4.25. The van der Waals surface area contributed by atoms with E-state index < -0.39 is 5.97 Å². The number of esters is 1. The Labute approximate surface area is 85.7 Å². The number of ether oxygens (including phenoxy) is 1. The van der Waals surface area contributed by atoms with Gasteiger partial charge < -0.3 is 9.15 Å². The van der Waals surface area contributed by atoms with Gasteiger partial charge in [-0.1, -0.05) is 0 Å². The van der Waals surface area contributed by atoms with Gasteiger partial charge >= 0.3 is 5.97 Å². The Morgan fingerprint density at radius 1 is 1.47 bits per heavy atom. The zero-order chi connectivity index (χ0) is 10.7. The highest BCUT2D eigenvalue weighted by Gasteiger charge is 2.10. The molecule has 0 aromatic carbocycles. The Bertz CT molecular complexity index is 465. The van der Waals surface area contributed by atoms with Crippen molar-refractivity contribution < 1.29 is 13.9 Å². The summed E-state index contributed by atoms with van der Waals surface area (Å²) in [6.07, 6.45) is 4.39. The minimum atomic E-state index is -0.518. The van der Waals surface area contributed by atoms with Gasteiger partial charge in [0.1, 0.15) is 5.69 Å². The van der Waals surface area contributed by atoms with Crippen LogP contribution in [0.25, 0.3) is 11.5 Å². The van der Waals surface area contributed by atoms with Gasteiger partial charge in [0, 0.05) is 0 Å². The summed E-state index contributed by atoms with van der Waals surface area (Å²) in [5.41, 5.74) is 0.661. The molecule has 2 aromatic rings. The topological polar surface area (TPSA) is 65.2 Å². The largest absolute Gasteiger partial charge is 0.464 e. The third kappa shape index (κ3) is 1.85. The summed E-state index contributed by atoms with van der Waals surface area (Å²) in [6.45, 7) is 0. The molecular formula is C10H8N2O3. The third-order valence-electron chi connectivity index (χ3n) is 1.80. The van der Waals surface area contributed by atoms with E-state index in [1.165, 1.54) is 25.8 Å². The van der Waals surface area contributed by atoms with E-state index in [2.05, 4.69) is 14.7 Å². The number of aromatic nitrogens is 2. The number of hydrogen-bond acceptors (Lipinski definition) is 5. The normalized spacial score (nSPS) is 9.93. The van der Waals surface area contributed by atoms with E-state index in [-0.39, 0.29) is 5.69 Å². The molecule has 5 heteroatoms. The lowest BCUT2D eigenvalue weighted by atomic mass is 10.3. The molecule has 2 aromatic heterocycles. The van der Waals surface area contributed by atoms with Gasteiger partial charge in [-0.3, -0.25) is 4.98 Å². The van der Waals surface area contributed by atoms with Crippen LogP contribution in [0.2, 0.25) is 0 Å². The summed E-state index contributed by atoms with van der Waals surface area (Å²) in [7, 11) is 1.30. The first-order valence-corrected chi connectivity index (χ1v) is 4.25. The number of furan rings is 1. The second kappa shape index (κ2) is 3.91. The number of rotatable bonds is 2. The molecule has 0 unspecified atom stereocenters. The van der Waals surface area contributed by atoms with Crippen molar-refractivity contribution in [1.29, 1.82) is 0 Å². The molecule has 5 nitrogen and oxygen atoms in total. The molecule has 0 atom stereocenters. The van der Waals surface area contributed by atoms with Crippen molar-refractivity contribution in [1.82, 2.24) is 9.97 Å². The van der Waals surface area contributed by atoms with Crippen LogP contribution in [0.1, 0.15) is 10.5 Å².